The molecule has 0 N–H and O–H groups in total. The number of hydrogen-bond donors (Lipinski definition) is 0. The maximum atomic E-state index is 13.0. The van der Waals surface area contributed by atoms with E-state index < -0.39 is 10.0 Å². The average Bonchev–Trinajstić information content (AvgIpc) is 3.01. The van der Waals surface area contributed by atoms with Crippen LogP contribution in [0.4, 0.5) is 0 Å². The monoisotopic (exact) mass is 391 g/mol. The Hall–Kier alpha value is -2.39. The van der Waals surface area contributed by atoms with E-state index in [9.17, 15) is 8.42 Å². The molecule has 4 rings (SSSR count). The van der Waals surface area contributed by atoms with Gasteiger partial charge in [-0.15, -0.1) is 5.10 Å². The van der Waals surface area contributed by atoms with Crippen molar-refractivity contribution >= 4 is 10.0 Å². The van der Waals surface area contributed by atoms with Crippen molar-refractivity contribution in [3.05, 3.63) is 36.0 Å². The summed E-state index contributed by atoms with van der Waals surface area (Å²) in [5.41, 5.74) is 0.799. The molecule has 3 heterocycles. The van der Waals surface area contributed by atoms with Crippen LogP contribution in [-0.4, -0.2) is 55.3 Å². The number of benzene rings is 1. The van der Waals surface area contributed by atoms with E-state index in [0.29, 0.717) is 43.6 Å². The molecule has 0 aliphatic carbocycles. The van der Waals surface area contributed by atoms with Crippen LogP contribution in [-0.2, 0) is 10.0 Å². The number of nitrogens with zero attached hydrogens (tertiary/aromatic N) is 3. The van der Waals surface area contributed by atoms with Crippen molar-refractivity contribution < 1.29 is 22.6 Å². The fourth-order valence-corrected chi connectivity index (χ4v) is 4.59. The molecule has 0 saturated carbocycles. The summed E-state index contributed by atoms with van der Waals surface area (Å²) in [6.45, 7) is 3.57. The van der Waals surface area contributed by atoms with E-state index in [4.69, 9.17) is 14.2 Å². The SMILES string of the molecule is Cc1ccc(OC2CCN(S(=O)(=O)c3ccc4c(c3)OCCCO4)C2)nn1. The molecule has 1 aromatic carbocycles. The smallest absolute Gasteiger partial charge is 0.243 e. The summed E-state index contributed by atoms with van der Waals surface area (Å²) in [5, 5.41) is 7.93. The minimum Gasteiger partial charge on any atom is -0.490 e. The van der Waals surface area contributed by atoms with Gasteiger partial charge in [0, 0.05) is 25.1 Å². The molecule has 1 unspecified atom stereocenters. The Kier molecular flexibility index (Phi) is 4.88. The van der Waals surface area contributed by atoms with E-state index in [1.165, 1.54) is 10.4 Å². The molecule has 2 aliphatic heterocycles. The molecule has 0 bridgehead atoms. The van der Waals surface area contributed by atoms with E-state index in [1.807, 2.05) is 13.0 Å². The molecule has 1 atom stereocenters. The molecule has 2 aliphatic rings. The Labute approximate surface area is 158 Å². The number of aromatic nitrogens is 2. The summed E-state index contributed by atoms with van der Waals surface area (Å²) >= 11 is 0. The van der Waals surface area contributed by atoms with Gasteiger partial charge in [0.1, 0.15) is 6.10 Å². The lowest BCUT2D eigenvalue weighted by Crippen LogP contribution is -2.31. The quantitative estimate of drug-likeness (QED) is 0.785. The second-order valence-corrected chi connectivity index (χ2v) is 8.50. The van der Waals surface area contributed by atoms with Crippen LogP contribution in [0.2, 0.25) is 0 Å². The first-order valence-electron chi connectivity index (χ1n) is 8.89. The van der Waals surface area contributed by atoms with Crippen LogP contribution in [0.5, 0.6) is 17.4 Å². The number of fused-ring (bicyclic) bond motifs is 1. The zero-order valence-electron chi connectivity index (χ0n) is 15.0. The molecule has 144 valence electrons. The Balaban J connectivity index is 1.48. The largest absolute Gasteiger partial charge is 0.490 e. The van der Waals surface area contributed by atoms with E-state index in [1.54, 1.807) is 18.2 Å². The fraction of sp³-hybridized carbons (Fsp3) is 0.444. The van der Waals surface area contributed by atoms with Crippen molar-refractivity contribution in [1.29, 1.82) is 0 Å². The van der Waals surface area contributed by atoms with Crippen LogP contribution >= 0.6 is 0 Å². The molecule has 9 heteroatoms. The van der Waals surface area contributed by atoms with Crippen LogP contribution in [0.25, 0.3) is 0 Å². The van der Waals surface area contributed by atoms with Gasteiger partial charge in [-0.05, 0) is 31.5 Å². The molecule has 0 spiro atoms. The maximum Gasteiger partial charge on any atom is 0.243 e. The van der Waals surface area contributed by atoms with Gasteiger partial charge in [-0.1, -0.05) is 0 Å². The highest BCUT2D eigenvalue weighted by molar-refractivity contribution is 7.89. The van der Waals surface area contributed by atoms with Gasteiger partial charge >= 0.3 is 0 Å². The summed E-state index contributed by atoms with van der Waals surface area (Å²) in [6, 6.07) is 8.30. The number of rotatable bonds is 4. The molecule has 8 nitrogen and oxygen atoms in total. The van der Waals surface area contributed by atoms with E-state index in [2.05, 4.69) is 10.2 Å². The third-order valence-corrected chi connectivity index (χ3v) is 6.39. The summed E-state index contributed by atoms with van der Waals surface area (Å²) in [5.74, 6) is 1.45. The lowest BCUT2D eigenvalue weighted by atomic mass is 10.3. The predicted molar refractivity (Wildman–Crippen MR) is 96.6 cm³/mol. The van der Waals surface area contributed by atoms with Crippen molar-refractivity contribution in [2.45, 2.75) is 30.8 Å². The summed E-state index contributed by atoms with van der Waals surface area (Å²) in [7, 11) is -3.63. The molecule has 0 radical (unpaired) electrons. The lowest BCUT2D eigenvalue weighted by molar-refractivity contribution is 0.204. The van der Waals surface area contributed by atoms with Crippen molar-refractivity contribution in [3.8, 4) is 17.4 Å². The Morgan fingerprint density at radius 1 is 1.11 bits per heavy atom. The molecular formula is C18H21N3O5S. The average molecular weight is 391 g/mol. The first-order chi connectivity index (χ1) is 13.0. The van der Waals surface area contributed by atoms with Crippen molar-refractivity contribution in [2.75, 3.05) is 26.3 Å². The predicted octanol–water partition coefficient (Wildman–Crippen LogP) is 1.79. The highest BCUT2D eigenvalue weighted by Gasteiger charge is 2.34. The minimum absolute atomic E-state index is 0.197. The van der Waals surface area contributed by atoms with Crippen LogP contribution in [0.1, 0.15) is 18.5 Å². The molecule has 1 saturated heterocycles. The maximum absolute atomic E-state index is 13.0. The Morgan fingerprint density at radius 3 is 2.70 bits per heavy atom. The van der Waals surface area contributed by atoms with Gasteiger partial charge in [0.05, 0.1) is 30.3 Å². The van der Waals surface area contributed by atoms with Crippen molar-refractivity contribution in [1.82, 2.24) is 14.5 Å². The van der Waals surface area contributed by atoms with E-state index in [-0.39, 0.29) is 17.5 Å². The highest BCUT2D eigenvalue weighted by atomic mass is 32.2. The molecule has 27 heavy (non-hydrogen) atoms. The van der Waals surface area contributed by atoms with E-state index in [0.717, 1.165) is 12.1 Å². The third-order valence-electron chi connectivity index (χ3n) is 4.53. The second kappa shape index (κ2) is 7.32. The number of ether oxygens (including phenoxy) is 3. The standard InChI is InChI=1S/C18H21N3O5S/c1-13-3-6-18(20-19-13)26-14-7-8-21(12-14)27(22,23)15-4-5-16-17(11-15)25-10-2-9-24-16/h3-6,11,14H,2,7-10,12H2,1H3. The van der Waals surface area contributed by atoms with Gasteiger partial charge in [-0.25, -0.2) is 8.42 Å². The third kappa shape index (κ3) is 3.84. The van der Waals surface area contributed by atoms with Gasteiger partial charge in [-0.3, -0.25) is 0 Å². The number of sulfonamides is 1. The van der Waals surface area contributed by atoms with Crippen LogP contribution in [0.15, 0.2) is 35.2 Å². The van der Waals surface area contributed by atoms with Crippen LogP contribution in [0.3, 0.4) is 0 Å². The van der Waals surface area contributed by atoms with Crippen molar-refractivity contribution in [3.63, 3.8) is 0 Å². The first kappa shape index (κ1) is 18.0. The topological polar surface area (TPSA) is 90.9 Å². The highest BCUT2D eigenvalue weighted by Crippen LogP contribution is 2.33. The lowest BCUT2D eigenvalue weighted by Gasteiger charge is -2.18. The number of hydrogen-bond acceptors (Lipinski definition) is 7. The minimum atomic E-state index is -3.63. The molecule has 0 amide bonds. The van der Waals surface area contributed by atoms with Crippen LogP contribution < -0.4 is 14.2 Å². The normalized spacial score (nSPS) is 20.3. The molecule has 1 fully saturated rings. The Morgan fingerprint density at radius 2 is 1.93 bits per heavy atom. The van der Waals surface area contributed by atoms with Crippen molar-refractivity contribution in [2.24, 2.45) is 0 Å². The molecule has 1 aromatic heterocycles. The summed E-state index contributed by atoms with van der Waals surface area (Å²) in [4.78, 5) is 0.197. The van der Waals surface area contributed by atoms with Crippen LogP contribution in [0, 0.1) is 6.92 Å². The molecular weight excluding hydrogens is 370 g/mol. The van der Waals surface area contributed by atoms with Gasteiger partial charge in [-0.2, -0.15) is 9.40 Å². The van der Waals surface area contributed by atoms with E-state index >= 15 is 0 Å². The Bertz CT molecular complexity index is 917. The summed E-state index contributed by atoms with van der Waals surface area (Å²) < 4.78 is 44.4. The van der Waals surface area contributed by atoms with Gasteiger partial charge in [0.2, 0.25) is 15.9 Å². The summed E-state index contributed by atoms with van der Waals surface area (Å²) in [6.07, 6.45) is 1.11. The zero-order valence-corrected chi connectivity index (χ0v) is 15.8. The van der Waals surface area contributed by atoms with Gasteiger partial charge in [0.15, 0.2) is 11.5 Å². The number of aryl methyl sites for hydroxylation is 1. The second-order valence-electron chi connectivity index (χ2n) is 6.56. The fourth-order valence-electron chi connectivity index (χ4n) is 3.09. The molecule has 2 aromatic rings. The van der Waals surface area contributed by atoms with Gasteiger partial charge in [0.25, 0.3) is 0 Å². The zero-order chi connectivity index (χ0) is 18.9. The van der Waals surface area contributed by atoms with Gasteiger partial charge < -0.3 is 14.2 Å². The first-order valence-corrected chi connectivity index (χ1v) is 10.3.